The van der Waals surface area contributed by atoms with E-state index in [2.05, 4.69) is 19.0 Å². The van der Waals surface area contributed by atoms with Gasteiger partial charge >= 0.3 is 0 Å². The molecule has 0 amide bonds. The average molecular weight is 311 g/mol. The van der Waals surface area contributed by atoms with Crippen LogP contribution in [0.5, 0.6) is 0 Å². The summed E-state index contributed by atoms with van der Waals surface area (Å²) in [7, 11) is 0.723. The molecule has 0 saturated carbocycles. The Morgan fingerprint density at radius 1 is 1.29 bits per heavy atom. The van der Waals surface area contributed by atoms with Crippen molar-refractivity contribution in [3.63, 3.8) is 0 Å². The van der Waals surface area contributed by atoms with Gasteiger partial charge in [0.1, 0.15) is 0 Å². The molecule has 6 heteroatoms. The lowest BCUT2D eigenvalue weighted by atomic mass is 9.98. The number of hydrogen-bond acceptors (Lipinski definition) is 4. The molecule has 118 valence electrons. The highest BCUT2D eigenvalue weighted by atomic mass is 32.2. The van der Waals surface area contributed by atoms with Crippen LogP contribution >= 0.6 is 0 Å². The summed E-state index contributed by atoms with van der Waals surface area (Å²) in [6.45, 7) is 4.06. The maximum Gasteiger partial charge on any atom is 0.243 e. The predicted octanol–water partition coefficient (Wildman–Crippen LogP) is 1.54. The number of sulfonamides is 1. The van der Waals surface area contributed by atoms with Gasteiger partial charge in [-0.1, -0.05) is 0 Å². The van der Waals surface area contributed by atoms with Crippen LogP contribution in [0.3, 0.4) is 0 Å². The SMILES string of the molecule is Cc1cc(S(=O)(=O)N2CCC(CN(C)C)CC2)ccc1N. The number of aryl methyl sites for hydroxylation is 1. The summed E-state index contributed by atoms with van der Waals surface area (Å²) in [6.07, 6.45) is 1.84. The molecule has 1 aliphatic heterocycles. The Kier molecular flexibility index (Phi) is 4.91. The van der Waals surface area contributed by atoms with E-state index in [1.807, 2.05) is 6.92 Å². The summed E-state index contributed by atoms with van der Waals surface area (Å²) in [6, 6.07) is 4.93. The number of nitrogens with two attached hydrogens (primary N) is 1. The zero-order chi connectivity index (χ0) is 15.6. The first-order valence-corrected chi connectivity index (χ1v) is 8.75. The standard InChI is InChI=1S/C15H25N3O2S/c1-12-10-14(4-5-15(12)16)21(19,20)18-8-6-13(7-9-18)11-17(2)3/h4-5,10,13H,6-9,11,16H2,1-3H3. The first kappa shape index (κ1) is 16.3. The molecule has 1 heterocycles. The predicted molar refractivity (Wildman–Crippen MR) is 85.6 cm³/mol. The van der Waals surface area contributed by atoms with Crippen molar-refractivity contribution in [2.24, 2.45) is 5.92 Å². The van der Waals surface area contributed by atoms with Crippen molar-refractivity contribution < 1.29 is 8.42 Å². The number of hydrogen-bond donors (Lipinski definition) is 1. The summed E-state index contributed by atoms with van der Waals surface area (Å²) in [4.78, 5) is 2.51. The van der Waals surface area contributed by atoms with E-state index in [1.165, 1.54) is 0 Å². The van der Waals surface area contributed by atoms with Gasteiger partial charge in [-0.3, -0.25) is 0 Å². The number of rotatable bonds is 4. The Morgan fingerprint density at radius 3 is 2.43 bits per heavy atom. The molecular formula is C15H25N3O2S. The molecule has 2 N–H and O–H groups in total. The van der Waals surface area contributed by atoms with Gasteiger partial charge in [0.25, 0.3) is 0 Å². The lowest BCUT2D eigenvalue weighted by Gasteiger charge is -2.32. The number of nitrogen functional groups attached to an aromatic ring is 1. The van der Waals surface area contributed by atoms with E-state index in [-0.39, 0.29) is 0 Å². The lowest BCUT2D eigenvalue weighted by molar-refractivity contribution is 0.225. The summed E-state index contributed by atoms with van der Waals surface area (Å²) in [5.41, 5.74) is 7.19. The van der Waals surface area contributed by atoms with Gasteiger partial charge in [0.2, 0.25) is 10.0 Å². The van der Waals surface area contributed by atoms with E-state index < -0.39 is 10.0 Å². The summed E-state index contributed by atoms with van der Waals surface area (Å²) >= 11 is 0. The Hall–Kier alpha value is -1.11. The van der Waals surface area contributed by atoms with Crippen LogP contribution in [0.2, 0.25) is 0 Å². The molecule has 1 fully saturated rings. The quantitative estimate of drug-likeness (QED) is 0.857. The molecule has 0 spiro atoms. The van der Waals surface area contributed by atoms with Crippen LogP contribution in [-0.4, -0.2) is 51.4 Å². The normalized spacial score (nSPS) is 18.3. The third-order valence-corrected chi connectivity index (χ3v) is 5.97. The van der Waals surface area contributed by atoms with Crippen LogP contribution in [0.4, 0.5) is 5.69 Å². The topological polar surface area (TPSA) is 66.6 Å². The molecule has 0 aliphatic carbocycles. The Bertz CT molecular complexity index is 591. The number of anilines is 1. The second kappa shape index (κ2) is 6.34. The minimum absolute atomic E-state index is 0.347. The monoisotopic (exact) mass is 311 g/mol. The molecule has 1 aliphatic rings. The van der Waals surface area contributed by atoms with E-state index in [1.54, 1.807) is 22.5 Å². The molecule has 1 aromatic rings. The maximum absolute atomic E-state index is 12.7. The van der Waals surface area contributed by atoms with E-state index in [9.17, 15) is 8.42 Å². The molecule has 0 aromatic heterocycles. The minimum atomic E-state index is -3.39. The van der Waals surface area contributed by atoms with Crippen molar-refractivity contribution in [2.45, 2.75) is 24.7 Å². The Balaban J connectivity index is 2.09. The lowest BCUT2D eigenvalue weighted by Crippen LogP contribution is -2.40. The van der Waals surface area contributed by atoms with Crippen LogP contribution < -0.4 is 5.73 Å². The van der Waals surface area contributed by atoms with Crippen LogP contribution in [-0.2, 0) is 10.0 Å². The molecule has 2 rings (SSSR count). The van der Waals surface area contributed by atoms with Crippen molar-refractivity contribution in [3.05, 3.63) is 23.8 Å². The third-order valence-electron chi connectivity index (χ3n) is 4.08. The zero-order valence-electron chi connectivity index (χ0n) is 13.0. The Morgan fingerprint density at radius 2 is 1.90 bits per heavy atom. The van der Waals surface area contributed by atoms with Crippen molar-refractivity contribution in [2.75, 3.05) is 39.5 Å². The highest BCUT2D eigenvalue weighted by molar-refractivity contribution is 7.89. The van der Waals surface area contributed by atoms with Gasteiger partial charge in [-0.25, -0.2) is 8.42 Å². The van der Waals surface area contributed by atoms with Gasteiger partial charge in [-0.2, -0.15) is 4.31 Å². The maximum atomic E-state index is 12.7. The van der Waals surface area contributed by atoms with E-state index in [0.29, 0.717) is 29.6 Å². The number of piperidine rings is 1. The molecule has 5 nitrogen and oxygen atoms in total. The Labute approximate surface area is 127 Å². The smallest absolute Gasteiger partial charge is 0.243 e. The van der Waals surface area contributed by atoms with Crippen molar-refractivity contribution >= 4 is 15.7 Å². The van der Waals surface area contributed by atoms with Crippen LogP contribution in [0.1, 0.15) is 18.4 Å². The van der Waals surface area contributed by atoms with Gasteiger partial charge in [0.15, 0.2) is 0 Å². The summed E-state index contributed by atoms with van der Waals surface area (Å²) in [5, 5.41) is 0. The molecule has 1 saturated heterocycles. The van der Waals surface area contributed by atoms with Crippen molar-refractivity contribution in [1.29, 1.82) is 0 Å². The van der Waals surface area contributed by atoms with Gasteiger partial charge in [-0.05, 0) is 63.5 Å². The van der Waals surface area contributed by atoms with Gasteiger partial charge in [0, 0.05) is 25.3 Å². The second-order valence-electron chi connectivity index (χ2n) is 6.13. The van der Waals surface area contributed by atoms with Gasteiger partial charge in [0.05, 0.1) is 4.90 Å². The zero-order valence-corrected chi connectivity index (χ0v) is 13.9. The van der Waals surface area contributed by atoms with Crippen LogP contribution in [0.15, 0.2) is 23.1 Å². The molecule has 21 heavy (non-hydrogen) atoms. The van der Waals surface area contributed by atoms with E-state index >= 15 is 0 Å². The van der Waals surface area contributed by atoms with Crippen LogP contribution in [0, 0.1) is 12.8 Å². The molecule has 0 unspecified atom stereocenters. The van der Waals surface area contributed by atoms with Crippen molar-refractivity contribution in [1.82, 2.24) is 9.21 Å². The van der Waals surface area contributed by atoms with E-state index in [4.69, 9.17) is 5.73 Å². The average Bonchev–Trinajstić information content (AvgIpc) is 2.41. The molecule has 1 aromatic carbocycles. The number of nitrogens with zero attached hydrogens (tertiary/aromatic N) is 2. The molecule has 0 radical (unpaired) electrons. The fourth-order valence-corrected chi connectivity index (χ4v) is 4.36. The highest BCUT2D eigenvalue weighted by Crippen LogP contribution is 2.25. The fourth-order valence-electron chi connectivity index (χ4n) is 2.81. The fraction of sp³-hybridized carbons (Fsp3) is 0.600. The number of benzene rings is 1. The van der Waals surface area contributed by atoms with Gasteiger partial charge in [-0.15, -0.1) is 0 Å². The van der Waals surface area contributed by atoms with Crippen molar-refractivity contribution in [3.8, 4) is 0 Å². The molecular weight excluding hydrogens is 286 g/mol. The van der Waals surface area contributed by atoms with Crippen LogP contribution in [0.25, 0.3) is 0 Å². The minimum Gasteiger partial charge on any atom is -0.399 e. The highest BCUT2D eigenvalue weighted by Gasteiger charge is 2.29. The first-order valence-electron chi connectivity index (χ1n) is 7.31. The van der Waals surface area contributed by atoms with Gasteiger partial charge < -0.3 is 10.6 Å². The first-order chi connectivity index (χ1) is 9.80. The molecule has 0 bridgehead atoms. The largest absolute Gasteiger partial charge is 0.399 e. The summed E-state index contributed by atoms with van der Waals surface area (Å²) in [5.74, 6) is 0.583. The second-order valence-corrected chi connectivity index (χ2v) is 8.07. The molecule has 0 atom stereocenters. The third kappa shape index (κ3) is 3.75. The van der Waals surface area contributed by atoms with E-state index in [0.717, 1.165) is 24.9 Å². The summed E-state index contributed by atoms with van der Waals surface area (Å²) < 4.78 is 26.9.